The Labute approximate surface area is 187 Å². The van der Waals surface area contributed by atoms with Gasteiger partial charge in [-0.1, -0.05) is 60.7 Å². The van der Waals surface area contributed by atoms with Gasteiger partial charge in [0.2, 0.25) is 0 Å². The second-order valence-electron chi connectivity index (χ2n) is 7.85. The van der Waals surface area contributed by atoms with Crippen LogP contribution in [0.25, 0.3) is 5.69 Å². The van der Waals surface area contributed by atoms with Crippen molar-refractivity contribution in [3.8, 4) is 11.4 Å². The molecule has 2 unspecified atom stereocenters. The summed E-state index contributed by atoms with van der Waals surface area (Å²) in [5.41, 5.74) is 11.3. The third kappa shape index (κ3) is 3.39. The van der Waals surface area contributed by atoms with Gasteiger partial charge < -0.3 is 10.5 Å². The summed E-state index contributed by atoms with van der Waals surface area (Å²) >= 11 is 0. The molecule has 32 heavy (non-hydrogen) atoms. The number of nitrogens with zero attached hydrogens (tertiary/aromatic N) is 4. The van der Waals surface area contributed by atoms with Crippen LogP contribution in [0.5, 0.6) is 5.75 Å². The molecule has 0 radical (unpaired) electrons. The van der Waals surface area contributed by atoms with E-state index in [1.54, 1.807) is 7.11 Å². The standard InChI is InChI=1S/C26H25N5O/c1-17-25-29-30-26(22(16-27)18-9-5-3-6-10-18)31(25)23-14-13-20(32-2)15-21(23)24(28-17)19-11-7-4-8-12-19/h3-15,17,22H,16,27H2,1-2H3. The van der Waals surface area contributed by atoms with E-state index in [0.29, 0.717) is 6.54 Å². The SMILES string of the molecule is COc1ccc2c(c1)C(c1ccccc1)=NC(C)c1nnc(C(CN)c3ccccc3)n1-2. The van der Waals surface area contributed by atoms with Gasteiger partial charge in [0.15, 0.2) is 5.82 Å². The van der Waals surface area contributed by atoms with Gasteiger partial charge in [0.1, 0.15) is 17.6 Å². The summed E-state index contributed by atoms with van der Waals surface area (Å²) in [6.07, 6.45) is 0. The lowest BCUT2D eigenvalue weighted by Gasteiger charge is -2.19. The topological polar surface area (TPSA) is 78.3 Å². The highest BCUT2D eigenvalue weighted by atomic mass is 16.5. The van der Waals surface area contributed by atoms with Crippen molar-refractivity contribution in [2.24, 2.45) is 10.7 Å². The maximum atomic E-state index is 6.26. The molecule has 2 atom stereocenters. The largest absolute Gasteiger partial charge is 0.497 e. The first kappa shape index (κ1) is 20.2. The summed E-state index contributed by atoms with van der Waals surface area (Å²) < 4.78 is 7.68. The molecule has 0 amide bonds. The summed E-state index contributed by atoms with van der Waals surface area (Å²) in [4.78, 5) is 5.08. The second-order valence-corrected chi connectivity index (χ2v) is 7.85. The van der Waals surface area contributed by atoms with Gasteiger partial charge in [-0.25, -0.2) is 0 Å². The lowest BCUT2D eigenvalue weighted by molar-refractivity contribution is 0.414. The number of benzene rings is 3. The van der Waals surface area contributed by atoms with Gasteiger partial charge in [-0.3, -0.25) is 9.56 Å². The number of fused-ring (bicyclic) bond motifs is 3. The number of nitrogens with two attached hydrogens (primary N) is 1. The first-order chi connectivity index (χ1) is 15.7. The molecule has 0 saturated carbocycles. The highest BCUT2D eigenvalue weighted by molar-refractivity contribution is 6.15. The number of ether oxygens (including phenoxy) is 1. The van der Waals surface area contributed by atoms with Gasteiger partial charge in [-0.05, 0) is 30.7 Å². The summed E-state index contributed by atoms with van der Waals surface area (Å²) in [7, 11) is 1.68. The van der Waals surface area contributed by atoms with Gasteiger partial charge in [-0.15, -0.1) is 10.2 Å². The van der Waals surface area contributed by atoms with E-state index in [9.17, 15) is 0 Å². The van der Waals surface area contributed by atoms with Crippen LogP contribution >= 0.6 is 0 Å². The predicted molar refractivity (Wildman–Crippen MR) is 126 cm³/mol. The van der Waals surface area contributed by atoms with Crippen LogP contribution in [-0.2, 0) is 0 Å². The molecular weight excluding hydrogens is 398 g/mol. The van der Waals surface area contributed by atoms with Crippen molar-refractivity contribution in [2.75, 3.05) is 13.7 Å². The lowest BCUT2D eigenvalue weighted by Crippen LogP contribution is -2.19. The zero-order valence-electron chi connectivity index (χ0n) is 18.1. The summed E-state index contributed by atoms with van der Waals surface area (Å²) in [6.45, 7) is 2.48. The number of aromatic nitrogens is 3. The van der Waals surface area contributed by atoms with Gasteiger partial charge in [0.25, 0.3) is 0 Å². The molecule has 1 aliphatic heterocycles. The average Bonchev–Trinajstić information content (AvgIpc) is 3.23. The Morgan fingerprint density at radius 3 is 2.38 bits per heavy atom. The van der Waals surface area contributed by atoms with Crippen LogP contribution in [0.15, 0.2) is 83.9 Å². The average molecular weight is 424 g/mol. The van der Waals surface area contributed by atoms with E-state index >= 15 is 0 Å². The number of methoxy groups -OCH3 is 1. The van der Waals surface area contributed by atoms with Crippen LogP contribution in [-0.4, -0.2) is 34.1 Å². The molecule has 0 spiro atoms. The van der Waals surface area contributed by atoms with E-state index in [0.717, 1.165) is 45.5 Å². The molecule has 0 fully saturated rings. The van der Waals surface area contributed by atoms with Crippen molar-refractivity contribution in [1.82, 2.24) is 14.8 Å². The van der Waals surface area contributed by atoms with Gasteiger partial charge in [0, 0.05) is 17.7 Å². The van der Waals surface area contributed by atoms with Crippen molar-refractivity contribution in [1.29, 1.82) is 0 Å². The van der Waals surface area contributed by atoms with Crippen molar-refractivity contribution in [2.45, 2.75) is 18.9 Å². The minimum absolute atomic E-state index is 0.0853. The highest BCUT2D eigenvalue weighted by Crippen LogP contribution is 2.35. The predicted octanol–water partition coefficient (Wildman–Crippen LogP) is 4.28. The van der Waals surface area contributed by atoms with Gasteiger partial charge >= 0.3 is 0 Å². The summed E-state index contributed by atoms with van der Waals surface area (Å²) in [5, 5.41) is 9.19. The van der Waals surface area contributed by atoms with E-state index in [-0.39, 0.29) is 12.0 Å². The van der Waals surface area contributed by atoms with Crippen molar-refractivity contribution in [3.63, 3.8) is 0 Å². The lowest BCUT2D eigenvalue weighted by atomic mass is 9.97. The molecule has 1 aliphatic rings. The van der Waals surface area contributed by atoms with Gasteiger partial charge in [-0.2, -0.15) is 0 Å². The van der Waals surface area contributed by atoms with Crippen LogP contribution in [0.4, 0.5) is 0 Å². The molecule has 6 nitrogen and oxygen atoms in total. The Kier molecular flexibility index (Phi) is 5.29. The molecular formula is C26H25N5O. The highest BCUT2D eigenvalue weighted by Gasteiger charge is 2.30. The van der Waals surface area contributed by atoms with Crippen molar-refractivity contribution < 1.29 is 4.74 Å². The fourth-order valence-corrected chi connectivity index (χ4v) is 4.30. The fraction of sp³-hybridized carbons (Fsp3) is 0.192. The maximum Gasteiger partial charge on any atom is 0.162 e. The summed E-state index contributed by atoms with van der Waals surface area (Å²) in [5.74, 6) is 2.30. The molecule has 160 valence electrons. The third-order valence-electron chi connectivity index (χ3n) is 5.91. The van der Waals surface area contributed by atoms with Crippen molar-refractivity contribution in [3.05, 3.63) is 107 Å². The fourth-order valence-electron chi connectivity index (χ4n) is 4.30. The second kappa shape index (κ2) is 8.40. The Morgan fingerprint density at radius 1 is 0.969 bits per heavy atom. The van der Waals surface area contributed by atoms with Crippen LogP contribution in [0.2, 0.25) is 0 Å². The molecule has 2 N–H and O–H groups in total. The quantitative estimate of drug-likeness (QED) is 0.520. The molecule has 0 aliphatic carbocycles. The first-order valence-corrected chi connectivity index (χ1v) is 10.7. The number of aliphatic imine (C=N–C) groups is 1. The zero-order chi connectivity index (χ0) is 22.1. The van der Waals surface area contributed by atoms with Crippen LogP contribution in [0, 0.1) is 0 Å². The van der Waals surface area contributed by atoms with Crippen LogP contribution < -0.4 is 10.5 Å². The molecule has 1 aromatic heterocycles. The molecule has 6 heteroatoms. The van der Waals surface area contributed by atoms with Crippen LogP contribution in [0.3, 0.4) is 0 Å². The van der Waals surface area contributed by atoms with E-state index in [1.165, 1.54) is 0 Å². The molecule has 2 heterocycles. The molecule has 5 rings (SSSR count). The molecule has 4 aromatic rings. The Bertz CT molecular complexity index is 1260. The van der Waals surface area contributed by atoms with Crippen molar-refractivity contribution >= 4 is 5.71 Å². The normalized spacial score (nSPS) is 15.8. The van der Waals surface area contributed by atoms with Crippen LogP contribution in [0.1, 0.15) is 47.2 Å². The number of hydrogen-bond donors (Lipinski definition) is 1. The third-order valence-corrected chi connectivity index (χ3v) is 5.91. The maximum absolute atomic E-state index is 6.26. The minimum atomic E-state index is -0.181. The Morgan fingerprint density at radius 2 is 1.69 bits per heavy atom. The Balaban J connectivity index is 1.76. The summed E-state index contributed by atoms with van der Waals surface area (Å²) in [6, 6.07) is 26.3. The number of hydrogen-bond acceptors (Lipinski definition) is 5. The molecule has 0 saturated heterocycles. The van der Waals surface area contributed by atoms with Gasteiger partial charge in [0.05, 0.1) is 24.4 Å². The first-order valence-electron chi connectivity index (χ1n) is 10.7. The van der Waals surface area contributed by atoms with E-state index in [4.69, 9.17) is 15.5 Å². The minimum Gasteiger partial charge on any atom is -0.497 e. The Hall–Kier alpha value is -3.77. The molecule has 0 bridgehead atoms. The van der Waals surface area contributed by atoms with E-state index in [1.807, 2.05) is 48.5 Å². The zero-order valence-corrected chi connectivity index (χ0v) is 18.1. The monoisotopic (exact) mass is 423 g/mol. The van der Waals surface area contributed by atoms with E-state index < -0.39 is 0 Å². The number of rotatable bonds is 5. The van der Waals surface area contributed by atoms with E-state index in [2.05, 4.69) is 52.0 Å². The molecule has 3 aromatic carbocycles. The smallest absolute Gasteiger partial charge is 0.162 e.